The fourth-order valence-electron chi connectivity index (χ4n) is 3.07. The topological polar surface area (TPSA) is 73.2 Å². The average Bonchev–Trinajstić information content (AvgIpc) is 2.84. The smallest absolute Gasteiger partial charge is 0.271 e. The summed E-state index contributed by atoms with van der Waals surface area (Å²) in [6.07, 6.45) is 0. The molecule has 6 nitrogen and oxygen atoms in total. The fraction of sp³-hybridized carbons (Fsp3) is 0.0800. The first-order valence-corrected chi connectivity index (χ1v) is 10.5. The molecule has 4 aromatic rings. The summed E-state index contributed by atoms with van der Waals surface area (Å²) in [5, 5.41) is 7.56. The lowest BCUT2D eigenvalue weighted by molar-refractivity contribution is 0.0950. The van der Waals surface area contributed by atoms with Crippen LogP contribution in [0.1, 0.15) is 21.5 Å². The number of nitrogens with one attached hydrogen (secondary N) is 1. The van der Waals surface area contributed by atoms with E-state index >= 15 is 0 Å². The van der Waals surface area contributed by atoms with Crippen molar-refractivity contribution >= 4 is 17.5 Å². The lowest BCUT2D eigenvalue weighted by atomic mass is 10.1. The van der Waals surface area contributed by atoms with Gasteiger partial charge in [-0.3, -0.25) is 9.59 Å². The Balaban J connectivity index is 1.43. The highest BCUT2D eigenvalue weighted by molar-refractivity contribution is 6.30. The van der Waals surface area contributed by atoms with Gasteiger partial charge in [0.25, 0.3) is 11.5 Å². The van der Waals surface area contributed by atoms with Crippen LogP contribution >= 0.6 is 11.6 Å². The van der Waals surface area contributed by atoms with Crippen molar-refractivity contribution in [1.82, 2.24) is 15.1 Å². The van der Waals surface area contributed by atoms with Gasteiger partial charge in [0.05, 0.1) is 5.69 Å². The summed E-state index contributed by atoms with van der Waals surface area (Å²) in [6, 6.07) is 22.7. The Morgan fingerprint density at radius 1 is 0.970 bits per heavy atom. The van der Waals surface area contributed by atoms with Crippen molar-refractivity contribution in [3.63, 3.8) is 0 Å². The van der Waals surface area contributed by atoms with E-state index in [-0.39, 0.29) is 36.3 Å². The van der Waals surface area contributed by atoms with Crippen LogP contribution in [0.3, 0.4) is 0 Å². The summed E-state index contributed by atoms with van der Waals surface area (Å²) >= 11 is 5.89. The SMILES string of the molecule is O=C(NCc1ccccc1F)c1ccc(-n2nc(OCc3ccc(Cl)cc3)ccc2=O)cc1. The molecule has 166 valence electrons. The highest BCUT2D eigenvalue weighted by Crippen LogP contribution is 2.14. The van der Waals surface area contributed by atoms with Crippen LogP contribution in [0, 0.1) is 5.82 Å². The summed E-state index contributed by atoms with van der Waals surface area (Å²) in [4.78, 5) is 24.7. The molecule has 0 aliphatic heterocycles. The molecule has 3 aromatic carbocycles. The quantitative estimate of drug-likeness (QED) is 0.437. The highest BCUT2D eigenvalue weighted by atomic mass is 35.5. The molecular formula is C25H19ClFN3O3. The van der Waals surface area contributed by atoms with E-state index in [4.69, 9.17) is 16.3 Å². The third kappa shape index (κ3) is 5.64. The Labute approximate surface area is 194 Å². The molecule has 0 saturated heterocycles. The molecule has 0 unspecified atom stereocenters. The Morgan fingerprint density at radius 2 is 1.70 bits per heavy atom. The van der Waals surface area contributed by atoms with Gasteiger partial charge in [-0.15, -0.1) is 5.10 Å². The number of halogens is 2. The van der Waals surface area contributed by atoms with Gasteiger partial charge < -0.3 is 10.1 Å². The van der Waals surface area contributed by atoms with Crippen LogP contribution in [-0.4, -0.2) is 15.7 Å². The molecule has 1 heterocycles. The van der Waals surface area contributed by atoms with E-state index in [0.29, 0.717) is 21.8 Å². The monoisotopic (exact) mass is 463 g/mol. The Hall–Kier alpha value is -3.97. The number of rotatable bonds is 7. The van der Waals surface area contributed by atoms with Gasteiger partial charge in [0, 0.05) is 34.8 Å². The minimum Gasteiger partial charge on any atom is -0.472 e. The molecule has 1 N–H and O–H groups in total. The molecule has 0 aliphatic carbocycles. The van der Waals surface area contributed by atoms with Crippen molar-refractivity contribution in [2.24, 2.45) is 0 Å². The molecule has 0 aliphatic rings. The molecule has 8 heteroatoms. The normalized spacial score (nSPS) is 10.6. The maximum atomic E-state index is 13.7. The van der Waals surface area contributed by atoms with E-state index in [1.165, 1.54) is 22.9 Å². The molecule has 0 bridgehead atoms. The van der Waals surface area contributed by atoms with Gasteiger partial charge in [-0.2, -0.15) is 4.68 Å². The van der Waals surface area contributed by atoms with Gasteiger partial charge in [0.2, 0.25) is 5.88 Å². The molecule has 1 amide bonds. The van der Waals surface area contributed by atoms with Gasteiger partial charge in [-0.25, -0.2) is 4.39 Å². The van der Waals surface area contributed by atoms with Crippen molar-refractivity contribution < 1.29 is 13.9 Å². The van der Waals surface area contributed by atoms with Crippen molar-refractivity contribution in [3.05, 3.63) is 123 Å². The molecule has 33 heavy (non-hydrogen) atoms. The van der Waals surface area contributed by atoms with Crippen molar-refractivity contribution in [1.29, 1.82) is 0 Å². The van der Waals surface area contributed by atoms with E-state index in [0.717, 1.165) is 5.56 Å². The first kappa shape index (κ1) is 22.2. The summed E-state index contributed by atoms with van der Waals surface area (Å²) in [5.41, 5.74) is 1.81. The Kier molecular flexibility index (Phi) is 6.80. The molecule has 0 fully saturated rings. The van der Waals surface area contributed by atoms with Crippen LogP contribution in [0.2, 0.25) is 5.02 Å². The number of nitrogens with zero attached hydrogens (tertiary/aromatic N) is 2. The van der Waals surface area contributed by atoms with Gasteiger partial charge in [0.1, 0.15) is 12.4 Å². The third-order valence-electron chi connectivity index (χ3n) is 4.85. The largest absolute Gasteiger partial charge is 0.472 e. The van der Waals surface area contributed by atoms with Crippen LogP contribution < -0.4 is 15.6 Å². The number of ether oxygens (including phenoxy) is 1. The number of carbonyl (C=O) groups is 1. The zero-order valence-corrected chi connectivity index (χ0v) is 18.1. The molecule has 0 spiro atoms. The number of hydrogen-bond acceptors (Lipinski definition) is 4. The number of aromatic nitrogens is 2. The maximum absolute atomic E-state index is 13.7. The lowest BCUT2D eigenvalue weighted by Crippen LogP contribution is -2.24. The van der Waals surface area contributed by atoms with E-state index in [2.05, 4.69) is 10.4 Å². The molecule has 0 saturated carbocycles. The van der Waals surface area contributed by atoms with Crippen molar-refractivity contribution in [2.75, 3.05) is 0 Å². The molecule has 0 atom stereocenters. The van der Waals surface area contributed by atoms with Crippen LogP contribution in [0.5, 0.6) is 5.88 Å². The minimum absolute atomic E-state index is 0.0707. The minimum atomic E-state index is -0.378. The molecule has 0 radical (unpaired) electrons. The highest BCUT2D eigenvalue weighted by Gasteiger charge is 2.09. The lowest BCUT2D eigenvalue weighted by Gasteiger charge is -2.10. The second-order valence-corrected chi connectivity index (χ2v) is 7.59. The van der Waals surface area contributed by atoms with E-state index < -0.39 is 0 Å². The predicted octanol–water partition coefficient (Wildman–Crippen LogP) is 4.53. The van der Waals surface area contributed by atoms with Crippen molar-refractivity contribution in [3.8, 4) is 11.6 Å². The van der Waals surface area contributed by atoms with Crippen LogP contribution in [0.15, 0.2) is 89.7 Å². The van der Waals surface area contributed by atoms with Gasteiger partial charge in [0.15, 0.2) is 0 Å². The molecule has 1 aromatic heterocycles. The maximum Gasteiger partial charge on any atom is 0.271 e. The van der Waals surface area contributed by atoms with Crippen LogP contribution in [0.25, 0.3) is 5.69 Å². The first-order valence-electron chi connectivity index (χ1n) is 10.1. The summed E-state index contributed by atoms with van der Waals surface area (Å²) < 4.78 is 20.6. The molecular weight excluding hydrogens is 445 g/mol. The van der Waals surface area contributed by atoms with E-state index in [9.17, 15) is 14.0 Å². The number of benzene rings is 3. The summed E-state index contributed by atoms with van der Waals surface area (Å²) in [6.45, 7) is 0.338. The second-order valence-electron chi connectivity index (χ2n) is 7.16. The second kappa shape index (κ2) is 10.1. The third-order valence-corrected chi connectivity index (χ3v) is 5.10. The summed E-state index contributed by atoms with van der Waals surface area (Å²) in [5.74, 6) is -0.460. The van der Waals surface area contributed by atoms with Crippen molar-refractivity contribution in [2.45, 2.75) is 13.2 Å². The number of hydrogen-bond donors (Lipinski definition) is 1. The average molecular weight is 464 g/mol. The van der Waals surface area contributed by atoms with Gasteiger partial charge in [-0.05, 0) is 48.0 Å². The predicted molar refractivity (Wildman–Crippen MR) is 123 cm³/mol. The van der Waals surface area contributed by atoms with Gasteiger partial charge in [-0.1, -0.05) is 41.9 Å². The van der Waals surface area contributed by atoms with E-state index in [1.54, 1.807) is 54.6 Å². The number of amides is 1. The van der Waals surface area contributed by atoms with Crippen LogP contribution in [-0.2, 0) is 13.2 Å². The zero-order valence-electron chi connectivity index (χ0n) is 17.4. The molecule has 4 rings (SSSR count). The zero-order chi connectivity index (χ0) is 23.2. The fourth-order valence-corrected chi connectivity index (χ4v) is 3.19. The Bertz CT molecular complexity index is 1320. The van der Waals surface area contributed by atoms with E-state index in [1.807, 2.05) is 12.1 Å². The van der Waals surface area contributed by atoms with Crippen LogP contribution in [0.4, 0.5) is 4.39 Å². The standard InChI is InChI=1S/C25H19ClFN3O3/c26-20-9-5-17(6-10-20)16-33-23-13-14-24(31)30(29-23)21-11-7-18(8-12-21)25(32)28-15-19-3-1-2-4-22(19)27/h1-14H,15-16H2,(H,28,32). The summed E-state index contributed by atoms with van der Waals surface area (Å²) in [7, 11) is 0. The Morgan fingerprint density at radius 3 is 2.42 bits per heavy atom. The first-order chi connectivity index (χ1) is 16.0. The van der Waals surface area contributed by atoms with Gasteiger partial charge >= 0.3 is 0 Å². The number of carbonyl (C=O) groups excluding carboxylic acids is 1.